The van der Waals surface area contributed by atoms with Crippen molar-refractivity contribution in [3.05, 3.63) is 24.0 Å². The summed E-state index contributed by atoms with van der Waals surface area (Å²) < 4.78 is 6.90. The van der Waals surface area contributed by atoms with Crippen LogP contribution >= 0.6 is 0 Å². The molecule has 0 spiro atoms. The number of nitrogens with zero attached hydrogens (tertiary/aromatic N) is 2. The van der Waals surface area contributed by atoms with E-state index >= 15 is 0 Å². The van der Waals surface area contributed by atoms with Crippen LogP contribution in [-0.2, 0) is 16.1 Å². The molecule has 0 radical (unpaired) electrons. The molecule has 0 aliphatic carbocycles. The van der Waals surface area contributed by atoms with Crippen LogP contribution in [0.15, 0.2) is 18.3 Å². The highest BCUT2D eigenvalue weighted by Crippen LogP contribution is 2.11. The van der Waals surface area contributed by atoms with Gasteiger partial charge in [0.1, 0.15) is 5.69 Å². The number of carbonyl (C=O) groups excluding carboxylic acids is 1. The number of hydrogen-bond donors (Lipinski definition) is 1. The normalized spacial score (nSPS) is 10.9. The minimum Gasteiger partial charge on any atom is -0.481 e. The smallest absolute Gasteiger partial charge is 0.303 e. The molecule has 0 saturated heterocycles. The summed E-state index contributed by atoms with van der Waals surface area (Å²) in [6, 6.07) is 3.64. The second-order valence-electron chi connectivity index (χ2n) is 5.17. The molecule has 1 N–H and O–H groups in total. The van der Waals surface area contributed by atoms with E-state index < -0.39 is 5.97 Å². The van der Waals surface area contributed by atoms with Gasteiger partial charge in [0.2, 0.25) is 0 Å². The maximum Gasteiger partial charge on any atom is 0.303 e. The van der Waals surface area contributed by atoms with Crippen LogP contribution in [0.25, 0.3) is 0 Å². The van der Waals surface area contributed by atoms with Crippen LogP contribution in [0, 0.1) is 0 Å². The van der Waals surface area contributed by atoms with Crippen molar-refractivity contribution in [1.29, 1.82) is 0 Å². The first kappa shape index (κ1) is 17.2. The topological polar surface area (TPSA) is 71.8 Å². The Hall–Kier alpha value is -1.82. The van der Waals surface area contributed by atoms with Gasteiger partial charge >= 0.3 is 5.97 Å². The summed E-state index contributed by atoms with van der Waals surface area (Å²) in [6.45, 7) is 5.46. The SMILES string of the molecule is COCCn1cccc1C(=O)N(CCCC(=O)O)C(C)C. The lowest BCUT2D eigenvalue weighted by atomic mass is 10.2. The molecule has 0 saturated carbocycles. The number of methoxy groups -OCH3 is 1. The van der Waals surface area contributed by atoms with E-state index in [1.54, 1.807) is 18.1 Å². The molecular weight excluding hydrogens is 272 g/mol. The van der Waals surface area contributed by atoms with Gasteiger partial charge < -0.3 is 19.3 Å². The number of hydrogen-bond acceptors (Lipinski definition) is 3. The van der Waals surface area contributed by atoms with Crippen molar-refractivity contribution >= 4 is 11.9 Å². The first-order chi connectivity index (χ1) is 9.97. The molecule has 0 fully saturated rings. The summed E-state index contributed by atoms with van der Waals surface area (Å²) in [6.07, 6.45) is 2.38. The van der Waals surface area contributed by atoms with Crippen molar-refractivity contribution in [3.63, 3.8) is 0 Å². The van der Waals surface area contributed by atoms with Crippen molar-refractivity contribution in [1.82, 2.24) is 9.47 Å². The minimum absolute atomic E-state index is 0.0251. The first-order valence-electron chi connectivity index (χ1n) is 7.14. The Labute approximate surface area is 125 Å². The van der Waals surface area contributed by atoms with Crippen molar-refractivity contribution in [3.8, 4) is 0 Å². The molecule has 1 aromatic rings. The largest absolute Gasteiger partial charge is 0.481 e. The molecule has 0 unspecified atom stereocenters. The van der Waals surface area contributed by atoms with Gasteiger partial charge in [-0.2, -0.15) is 0 Å². The molecule has 0 atom stereocenters. The average Bonchev–Trinajstić information content (AvgIpc) is 2.88. The average molecular weight is 296 g/mol. The lowest BCUT2D eigenvalue weighted by Crippen LogP contribution is -2.39. The van der Waals surface area contributed by atoms with Gasteiger partial charge in [-0.1, -0.05) is 0 Å². The number of carboxylic acid groups (broad SMARTS) is 1. The van der Waals surface area contributed by atoms with E-state index in [1.807, 2.05) is 30.7 Å². The molecule has 6 heteroatoms. The fourth-order valence-electron chi connectivity index (χ4n) is 2.13. The molecule has 1 amide bonds. The van der Waals surface area contributed by atoms with Gasteiger partial charge in [0, 0.05) is 38.9 Å². The molecular formula is C15H24N2O4. The number of ether oxygens (including phenoxy) is 1. The Morgan fingerprint density at radius 2 is 2.14 bits per heavy atom. The van der Waals surface area contributed by atoms with Crippen LogP contribution in [0.1, 0.15) is 37.2 Å². The molecule has 1 heterocycles. The van der Waals surface area contributed by atoms with Crippen molar-refractivity contribution < 1.29 is 19.4 Å². The highest BCUT2D eigenvalue weighted by molar-refractivity contribution is 5.93. The first-order valence-corrected chi connectivity index (χ1v) is 7.14. The second-order valence-corrected chi connectivity index (χ2v) is 5.17. The van der Waals surface area contributed by atoms with Crippen LogP contribution in [0.5, 0.6) is 0 Å². The quantitative estimate of drug-likeness (QED) is 0.755. The Kier molecular flexibility index (Phi) is 6.94. The van der Waals surface area contributed by atoms with E-state index in [1.165, 1.54) is 0 Å². The number of aromatic nitrogens is 1. The number of carboxylic acids is 1. The maximum atomic E-state index is 12.6. The van der Waals surface area contributed by atoms with Gasteiger partial charge in [-0.15, -0.1) is 0 Å². The Balaban J connectivity index is 2.76. The number of rotatable bonds is 9. The standard InChI is InChI=1S/C15H24N2O4/c1-12(2)17(9-5-7-14(18)19)15(20)13-6-4-8-16(13)10-11-21-3/h4,6,8,12H,5,7,9-11H2,1-3H3,(H,18,19). The third kappa shape index (κ3) is 5.23. The highest BCUT2D eigenvalue weighted by atomic mass is 16.5. The Bertz CT molecular complexity index is 468. The van der Waals surface area contributed by atoms with Gasteiger partial charge in [0.05, 0.1) is 6.61 Å². The van der Waals surface area contributed by atoms with E-state index in [-0.39, 0.29) is 18.4 Å². The summed E-state index contributed by atoms with van der Waals surface area (Å²) in [5, 5.41) is 8.71. The van der Waals surface area contributed by atoms with Gasteiger partial charge in [-0.3, -0.25) is 9.59 Å². The second kappa shape index (κ2) is 8.46. The summed E-state index contributed by atoms with van der Waals surface area (Å²) >= 11 is 0. The monoisotopic (exact) mass is 296 g/mol. The van der Waals surface area contributed by atoms with Crippen molar-refractivity contribution in [2.24, 2.45) is 0 Å². The van der Waals surface area contributed by atoms with Crippen LogP contribution in [0.4, 0.5) is 0 Å². The van der Waals surface area contributed by atoms with Crippen LogP contribution in [0.3, 0.4) is 0 Å². The number of amides is 1. The molecule has 0 aromatic carbocycles. The van der Waals surface area contributed by atoms with E-state index in [0.29, 0.717) is 31.8 Å². The van der Waals surface area contributed by atoms with Crippen molar-refractivity contribution in [2.75, 3.05) is 20.3 Å². The van der Waals surface area contributed by atoms with E-state index in [4.69, 9.17) is 9.84 Å². The molecule has 0 aliphatic heterocycles. The lowest BCUT2D eigenvalue weighted by Gasteiger charge is -2.27. The number of carbonyl (C=O) groups is 2. The highest BCUT2D eigenvalue weighted by Gasteiger charge is 2.21. The maximum absolute atomic E-state index is 12.6. The predicted octanol–water partition coefficient (Wildman–Crippen LogP) is 1.85. The Morgan fingerprint density at radius 3 is 2.71 bits per heavy atom. The molecule has 118 valence electrons. The molecule has 21 heavy (non-hydrogen) atoms. The predicted molar refractivity (Wildman–Crippen MR) is 79.4 cm³/mol. The lowest BCUT2D eigenvalue weighted by molar-refractivity contribution is -0.137. The molecule has 1 rings (SSSR count). The number of aliphatic carboxylic acids is 1. The fraction of sp³-hybridized carbons (Fsp3) is 0.600. The molecule has 1 aromatic heterocycles. The third-order valence-corrected chi connectivity index (χ3v) is 3.26. The Morgan fingerprint density at radius 1 is 1.43 bits per heavy atom. The van der Waals surface area contributed by atoms with Crippen LogP contribution < -0.4 is 0 Å². The van der Waals surface area contributed by atoms with Gasteiger partial charge in [0.15, 0.2) is 0 Å². The molecule has 0 bridgehead atoms. The zero-order valence-electron chi connectivity index (χ0n) is 12.9. The summed E-state index contributed by atoms with van der Waals surface area (Å²) in [7, 11) is 1.62. The van der Waals surface area contributed by atoms with Crippen LogP contribution in [0.2, 0.25) is 0 Å². The molecule has 0 aliphatic rings. The summed E-state index contributed by atoms with van der Waals surface area (Å²) in [5.74, 6) is -0.911. The van der Waals surface area contributed by atoms with Crippen LogP contribution in [-0.4, -0.2) is 52.8 Å². The van der Waals surface area contributed by atoms with Gasteiger partial charge in [-0.05, 0) is 32.4 Å². The summed E-state index contributed by atoms with van der Waals surface area (Å²) in [4.78, 5) is 24.9. The fourth-order valence-corrected chi connectivity index (χ4v) is 2.13. The molecule has 6 nitrogen and oxygen atoms in total. The van der Waals surface area contributed by atoms with E-state index in [0.717, 1.165) is 0 Å². The van der Waals surface area contributed by atoms with Crippen molar-refractivity contribution in [2.45, 2.75) is 39.3 Å². The zero-order chi connectivity index (χ0) is 15.8. The minimum atomic E-state index is -0.838. The van der Waals surface area contributed by atoms with E-state index in [9.17, 15) is 9.59 Å². The third-order valence-electron chi connectivity index (χ3n) is 3.26. The van der Waals surface area contributed by atoms with Gasteiger partial charge in [0.25, 0.3) is 5.91 Å². The van der Waals surface area contributed by atoms with Gasteiger partial charge in [-0.25, -0.2) is 0 Å². The summed E-state index contributed by atoms with van der Waals surface area (Å²) in [5.41, 5.74) is 0.607. The zero-order valence-corrected chi connectivity index (χ0v) is 12.9. The van der Waals surface area contributed by atoms with E-state index in [2.05, 4.69) is 0 Å².